The van der Waals surface area contributed by atoms with Crippen molar-refractivity contribution in [2.24, 2.45) is 0 Å². The van der Waals surface area contributed by atoms with Gasteiger partial charge in [-0.1, -0.05) is 26.2 Å². The fourth-order valence-electron chi connectivity index (χ4n) is 2.39. The number of hydrogen-bond donors (Lipinski definition) is 1. The van der Waals surface area contributed by atoms with Crippen LogP contribution in [-0.2, 0) is 12.8 Å². The van der Waals surface area contributed by atoms with E-state index < -0.39 is 0 Å². The van der Waals surface area contributed by atoms with Gasteiger partial charge in [0.15, 0.2) is 0 Å². The lowest BCUT2D eigenvalue weighted by Gasteiger charge is -2.06. The van der Waals surface area contributed by atoms with Crippen LogP contribution in [-0.4, -0.2) is 5.11 Å². The second-order valence-corrected chi connectivity index (χ2v) is 5.98. The van der Waals surface area contributed by atoms with Crippen LogP contribution in [0.1, 0.15) is 66.9 Å². The van der Waals surface area contributed by atoms with Crippen molar-refractivity contribution in [2.45, 2.75) is 64.4 Å². The highest BCUT2D eigenvalue weighted by Crippen LogP contribution is 2.33. The van der Waals surface area contributed by atoms with E-state index in [1.54, 1.807) is 4.88 Å². The normalized spacial score (nSPS) is 17.9. The average molecular weight is 238 g/mol. The predicted octanol–water partition coefficient (Wildman–Crippen LogP) is 4.24. The Morgan fingerprint density at radius 3 is 2.94 bits per heavy atom. The van der Waals surface area contributed by atoms with Crippen LogP contribution in [0.3, 0.4) is 0 Å². The molecule has 0 aliphatic heterocycles. The Labute approximate surface area is 103 Å². The molecule has 1 aromatic rings. The summed E-state index contributed by atoms with van der Waals surface area (Å²) < 4.78 is 0. The van der Waals surface area contributed by atoms with E-state index in [2.05, 4.69) is 13.0 Å². The van der Waals surface area contributed by atoms with Gasteiger partial charge in [0.1, 0.15) is 0 Å². The Kier molecular flexibility index (Phi) is 4.42. The van der Waals surface area contributed by atoms with E-state index in [0.29, 0.717) is 0 Å². The molecule has 1 aromatic heterocycles. The monoisotopic (exact) mass is 238 g/mol. The van der Waals surface area contributed by atoms with E-state index >= 15 is 0 Å². The van der Waals surface area contributed by atoms with Crippen molar-refractivity contribution in [3.63, 3.8) is 0 Å². The van der Waals surface area contributed by atoms with Gasteiger partial charge in [-0.3, -0.25) is 0 Å². The van der Waals surface area contributed by atoms with Crippen molar-refractivity contribution in [3.05, 3.63) is 21.4 Å². The Morgan fingerprint density at radius 2 is 2.12 bits per heavy atom. The van der Waals surface area contributed by atoms with Crippen LogP contribution in [0.15, 0.2) is 6.07 Å². The van der Waals surface area contributed by atoms with Crippen molar-refractivity contribution < 1.29 is 5.11 Å². The zero-order chi connectivity index (χ0) is 11.4. The van der Waals surface area contributed by atoms with Crippen molar-refractivity contribution in [1.29, 1.82) is 0 Å². The maximum absolute atomic E-state index is 10.1. The van der Waals surface area contributed by atoms with Crippen molar-refractivity contribution in [1.82, 2.24) is 0 Å². The number of fused-ring (bicyclic) bond motifs is 1. The van der Waals surface area contributed by atoms with Crippen LogP contribution in [0.5, 0.6) is 0 Å². The number of rotatable bonds is 4. The number of unbranched alkanes of at least 4 members (excludes halogenated alkanes) is 1. The van der Waals surface area contributed by atoms with Crippen molar-refractivity contribution in [3.8, 4) is 0 Å². The predicted molar refractivity (Wildman–Crippen MR) is 70.1 cm³/mol. The van der Waals surface area contributed by atoms with Gasteiger partial charge in [0.2, 0.25) is 0 Å². The Morgan fingerprint density at radius 1 is 1.31 bits per heavy atom. The number of aryl methyl sites for hydroxylation is 2. The molecule has 2 rings (SSSR count). The summed E-state index contributed by atoms with van der Waals surface area (Å²) in [6, 6.07) is 2.27. The fraction of sp³-hybridized carbons (Fsp3) is 0.714. The molecule has 1 nitrogen and oxygen atoms in total. The summed E-state index contributed by atoms with van der Waals surface area (Å²) >= 11 is 1.86. The molecule has 16 heavy (non-hydrogen) atoms. The standard InChI is InChI=1S/C14H22OS/c1-2-3-8-12(15)14-10-11-7-5-4-6-9-13(11)16-14/h10,12,15H,2-9H2,1H3. The summed E-state index contributed by atoms with van der Waals surface area (Å²) in [6.07, 6.45) is 9.51. The van der Waals surface area contributed by atoms with E-state index in [0.717, 1.165) is 12.8 Å². The topological polar surface area (TPSA) is 20.2 Å². The third-order valence-corrected chi connectivity index (χ3v) is 4.76. The Hall–Kier alpha value is -0.340. The summed E-state index contributed by atoms with van der Waals surface area (Å²) in [6.45, 7) is 2.18. The number of thiophene rings is 1. The molecule has 1 atom stereocenters. The highest BCUT2D eigenvalue weighted by Gasteiger charge is 2.16. The number of aliphatic hydroxyl groups excluding tert-OH is 1. The zero-order valence-electron chi connectivity index (χ0n) is 10.2. The van der Waals surface area contributed by atoms with Crippen LogP contribution >= 0.6 is 11.3 Å². The smallest absolute Gasteiger partial charge is 0.0882 e. The maximum Gasteiger partial charge on any atom is 0.0882 e. The maximum atomic E-state index is 10.1. The summed E-state index contributed by atoms with van der Waals surface area (Å²) in [4.78, 5) is 2.75. The van der Waals surface area contributed by atoms with Crippen molar-refractivity contribution >= 4 is 11.3 Å². The molecule has 0 saturated carbocycles. The van der Waals surface area contributed by atoms with Crippen LogP contribution in [0, 0.1) is 0 Å². The molecule has 1 unspecified atom stereocenters. The quantitative estimate of drug-likeness (QED) is 0.778. The highest BCUT2D eigenvalue weighted by atomic mass is 32.1. The lowest BCUT2D eigenvalue weighted by Crippen LogP contribution is -1.93. The molecule has 2 heteroatoms. The molecule has 0 aromatic carbocycles. The van der Waals surface area contributed by atoms with E-state index in [1.165, 1.54) is 49.0 Å². The molecular weight excluding hydrogens is 216 g/mol. The van der Waals surface area contributed by atoms with Gasteiger partial charge < -0.3 is 5.11 Å². The van der Waals surface area contributed by atoms with E-state index in [-0.39, 0.29) is 6.10 Å². The van der Waals surface area contributed by atoms with Crippen LogP contribution in [0.2, 0.25) is 0 Å². The largest absolute Gasteiger partial charge is 0.388 e. The molecule has 1 N–H and O–H groups in total. The van der Waals surface area contributed by atoms with Gasteiger partial charge in [0.05, 0.1) is 6.10 Å². The molecule has 1 aliphatic rings. The number of aliphatic hydroxyl groups is 1. The van der Waals surface area contributed by atoms with Gasteiger partial charge in [0.25, 0.3) is 0 Å². The van der Waals surface area contributed by atoms with Crippen LogP contribution < -0.4 is 0 Å². The molecule has 90 valence electrons. The minimum absolute atomic E-state index is 0.211. The average Bonchev–Trinajstić information content (AvgIpc) is 2.58. The van der Waals surface area contributed by atoms with Crippen LogP contribution in [0.4, 0.5) is 0 Å². The summed E-state index contributed by atoms with van der Waals surface area (Å²) in [5.41, 5.74) is 1.52. The van der Waals surface area contributed by atoms with E-state index in [9.17, 15) is 5.11 Å². The van der Waals surface area contributed by atoms with Gasteiger partial charge in [-0.05, 0) is 43.7 Å². The van der Waals surface area contributed by atoms with Gasteiger partial charge in [-0.15, -0.1) is 11.3 Å². The lowest BCUT2D eigenvalue weighted by atomic mass is 10.1. The number of hydrogen-bond acceptors (Lipinski definition) is 2. The first kappa shape index (κ1) is 12.1. The van der Waals surface area contributed by atoms with Crippen LogP contribution in [0.25, 0.3) is 0 Å². The van der Waals surface area contributed by atoms with Gasteiger partial charge in [-0.25, -0.2) is 0 Å². The molecule has 0 spiro atoms. The summed E-state index contributed by atoms with van der Waals surface area (Å²) in [5, 5.41) is 10.1. The molecule has 0 radical (unpaired) electrons. The summed E-state index contributed by atoms with van der Waals surface area (Å²) in [7, 11) is 0. The Bertz CT molecular complexity index is 306. The molecule has 0 bridgehead atoms. The van der Waals surface area contributed by atoms with Gasteiger partial charge in [-0.2, -0.15) is 0 Å². The fourth-order valence-corrected chi connectivity index (χ4v) is 3.67. The molecule has 1 heterocycles. The molecule has 1 aliphatic carbocycles. The first-order chi connectivity index (χ1) is 7.81. The second kappa shape index (κ2) is 5.83. The minimum Gasteiger partial charge on any atom is -0.388 e. The SMILES string of the molecule is CCCCC(O)c1cc2c(s1)CCCCC2. The van der Waals surface area contributed by atoms with E-state index in [1.807, 2.05) is 11.3 Å². The molecule has 0 saturated heterocycles. The van der Waals surface area contributed by atoms with Gasteiger partial charge >= 0.3 is 0 Å². The second-order valence-electron chi connectivity index (χ2n) is 4.82. The molecule has 0 amide bonds. The molecule has 0 fully saturated rings. The first-order valence-electron chi connectivity index (χ1n) is 6.60. The lowest BCUT2D eigenvalue weighted by molar-refractivity contribution is 0.168. The van der Waals surface area contributed by atoms with Gasteiger partial charge in [0, 0.05) is 9.75 Å². The highest BCUT2D eigenvalue weighted by molar-refractivity contribution is 7.12. The molecular formula is C14H22OS. The van der Waals surface area contributed by atoms with Crippen molar-refractivity contribution in [2.75, 3.05) is 0 Å². The zero-order valence-corrected chi connectivity index (χ0v) is 11.0. The minimum atomic E-state index is -0.211. The Balaban J connectivity index is 2.05. The van der Waals surface area contributed by atoms with E-state index in [4.69, 9.17) is 0 Å². The first-order valence-corrected chi connectivity index (χ1v) is 7.42. The summed E-state index contributed by atoms with van der Waals surface area (Å²) in [5.74, 6) is 0. The third kappa shape index (κ3) is 2.86. The third-order valence-electron chi connectivity index (χ3n) is 3.43.